The molecule has 2 rings (SSSR count). The fourth-order valence-electron chi connectivity index (χ4n) is 2.74. The lowest BCUT2D eigenvalue weighted by Crippen LogP contribution is -2.19. The number of nitrogens with one attached hydrogen (secondary N) is 1. The van der Waals surface area contributed by atoms with Gasteiger partial charge in [-0.05, 0) is 49.4 Å². The molecule has 0 saturated carbocycles. The lowest BCUT2D eigenvalue weighted by atomic mass is 10.1. The highest BCUT2D eigenvalue weighted by atomic mass is 19.4. The SMILES string of the molecule is CCCNC1CCc2c(OCCCC(F)(F)F)cccc21. The number of hydrogen-bond donors (Lipinski definition) is 1. The molecule has 1 N–H and O–H groups in total. The Kier molecular flexibility index (Phi) is 5.51. The highest BCUT2D eigenvalue weighted by Crippen LogP contribution is 2.37. The van der Waals surface area contributed by atoms with E-state index < -0.39 is 12.6 Å². The first-order valence-electron chi connectivity index (χ1n) is 7.56. The van der Waals surface area contributed by atoms with Crippen LogP contribution in [0.15, 0.2) is 18.2 Å². The molecule has 0 heterocycles. The van der Waals surface area contributed by atoms with Crippen molar-refractivity contribution in [3.63, 3.8) is 0 Å². The van der Waals surface area contributed by atoms with E-state index in [4.69, 9.17) is 4.74 Å². The van der Waals surface area contributed by atoms with Crippen LogP contribution >= 0.6 is 0 Å². The molecule has 1 aliphatic carbocycles. The predicted molar refractivity (Wildman–Crippen MR) is 76.6 cm³/mol. The van der Waals surface area contributed by atoms with Crippen LogP contribution in [0, 0.1) is 0 Å². The van der Waals surface area contributed by atoms with Gasteiger partial charge in [0.15, 0.2) is 0 Å². The zero-order chi connectivity index (χ0) is 15.3. The standard InChI is InChI=1S/C16H22F3NO/c1-2-10-20-14-8-7-13-12(14)5-3-6-15(13)21-11-4-9-16(17,18)19/h3,5-6,14,20H,2,4,7-11H2,1H3. The van der Waals surface area contributed by atoms with Gasteiger partial charge in [-0.3, -0.25) is 0 Å². The Labute approximate surface area is 123 Å². The minimum absolute atomic E-state index is 0.00464. The van der Waals surface area contributed by atoms with Crippen molar-refractivity contribution in [1.82, 2.24) is 5.32 Å². The van der Waals surface area contributed by atoms with E-state index in [0.717, 1.165) is 37.1 Å². The van der Waals surface area contributed by atoms with E-state index in [-0.39, 0.29) is 13.0 Å². The second kappa shape index (κ2) is 7.16. The molecule has 1 aromatic carbocycles. The molecule has 2 nitrogen and oxygen atoms in total. The summed E-state index contributed by atoms with van der Waals surface area (Å²) in [7, 11) is 0. The second-order valence-electron chi connectivity index (χ2n) is 5.44. The van der Waals surface area contributed by atoms with E-state index in [1.807, 2.05) is 12.1 Å². The highest BCUT2D eigenvalue weighted by molar-refractivity contribution is 5.45. The maximum absolute atomic E-state index is 12.1. The molecule has 1 atom stereocenters. The summed E-state index contributed by atoms with van der Waals surface area (Å²) in [5.74, 6) is 0.746. The zero-order valence-corrected chi connectivity index (χ0v) is 12.3. The van der Waals surface area contributed by atoms with Crippen LogP contribution in [0.2, 0.25) is 0 Å². The molecule has 1 aliphatic rings. The number of rotatable bonds is 7. The number of hydrogen-bond acceptors (Lipinski definition) is 2. The Bertz CT molecular complexity index is 459. The Morgan fingerprint density at radius 3 is 2.86 bits per heavy atom. The van der Waals surface area contributed by atoms with Crippen molar-refractivity contribution in [3.8, 4) is 5.75 Å². The van der Waals surface area contributed by atoms with Gasteiger partial charge in [-0.25, -0.2) is 0 Å². The average molecular weight is 301 g/mol. The summed E-state index contributed by atoms with van der Waals surface area (Å²) >= 11 is 0. The minimum atomic E-state index is -4.10. The van der Waals surface area contributed by atoms with Crippen molar-refractivity contribution in [3.05, 3.63) is 29.3 Å². The van der Waals surface area contributed by atoms with E-state index in [9.17, 15) is 13.2 Å². The van der Waals surface area contributed by atoms with Gasteiger partial charge in [-0.15, -0.1) is 0 Å². The van der Waals surface area contributed by atoms with Crippen molar-refractivity contribution in [2.24, 2.45) is 0 Å². The van der Waals surface area contributed by atoms with Gasteiger partial charge in [0.05, 0.1) is 6.61 Å². The summed E-state index contributed by atoms with van der Waals surface area (Å²) in [5.41, 5.74) is 2.38. The summed E-state index contributed by atoms with van der Waals surface area (Å²) in [6, 6.07) is 6.20. The number of benzene rings is 1. The summed E-state index contributed by atoms with van der Waals surface area (Å²) < 4.78 is 41.9. The number of alkyl halides is 3. The van der Waals surface area contributed by atoms with E-state index >= 15 is 0 Å². The Morgan fingerprint density at radius 2 is 2.14 bits per heavy atom. The van der Waals surface area contributed by atoms with Crippen LogP contribution in [0.4, 0.5) is 13.2 Å². The zero-order valence-electron chi connectivity index (χ0n) is 12.3. The molecule has 0 radical (unpaired) electrons. The lowest BCUT2D eigenvalue weighted by Gasteiger charge is -2.15. The van der Waals surface area contributed by atoms with Gasteiger partial charge in [-0.2, -0.15) is 13.2 Å². The Balaban J connectivity index is 1.92. The molecule has 0 spiro atoms. The van der Waals surface area contributed by atoms with E-state index in [1.165, 1.54) is 5.56 Å². The van der Waals surface area contributed by atoms with Crippen LogP contribution in [0.5, 0.6) is 5.75 Å². The van der Waals surface area contributed by atoms with E-state index in [1.54, 1.807) is 0 Å². The molecule has 21 heavy (non-hydrogen) atoms. The summed E-state index contributed by atoms with van der Waals surface area (Å²) in [4.78, 5) is 0. The van der Waals surface area contributed by atoms with E-state index in [2.05, 4.69) is 18.3 Å². The molecule has 0 aliphatic heterocycles. The number of halogens is 3. The van der Waals surface area contributed by atoms with Crippen LogP contribution in [-0.2, 0) is 6.42 Å². The van der Waals surface area contributed by atoms with Crippen molar-refractivity contribution < 1.29 is 17.9 Å². The van der Waals surface area contributed by atoms with Crippen molar-refractivity contribution >= 4 is 0 Å². The average Bonchev–Trinajstić information content (AvgIpc) is 2.84. The van der Waals surface area contributed by atoms with Gasteiger partial charge in [0.25, 0.3) is 0 Å². The predicted octanol–water partition coefficient (Wildman–Crippen LogP) is 4.39. The third kappa shape index (κ3) is 4.63. The van der Waals surface area contributed by atoms with Gasteiger partial charge in [0.1, 0.15) is 5.75 Å². The van der Waals surface area contributed by atoms with Crippen LogP contribution in [-0.4, -0.2) is 19.3 Å². The Hall–Kier alpha value is -1.23. The molecule has 5 heteroatoms. The maximum Gasteiger partial charge on any atom is 0.389 e. The van der Waals surface area contributed by atoms with Crippen molar-refractivity contribution in [2.45, 2.75) is 51.2 Å². The first-order chi connectivity index (χ1) is 10.0. The molecule has 0 bridgehead atoms. The summed E-state index contributed by atoms with van der Waals surface area (Å²) in [6.45, 7) is 3.22. The molecular weight excluding hydrogens is 279 g/mol. The van der Waals surface area contributed by atoms with Gasteiger partial charge >= 0.3 is 6.18 Å². The second-order valence-corrected chi connectivity index (χ2v) is 5.44. The van der Waals surface area contributed by atoms with E-state index in [0.29, 0.717) is 6.04 Å². The van der Waals surface area contributed by atoms with Gasteiger partial charge in [-0.1, -0.05) is 19.1 Å². The minimum Gasteiger partial charge on any atom is -0.493 e. The smallest absolute Gasteiger partial charge is 0.389 e. The number of ether oxygens (including phenoxy) is 1. The molecule has 1 unspecified atom stereocenters. The van der Waals surface area contributed by atoms with Gasteiger partial charge in [0.2, 0.25) is 0 Å². The quantitative estimate of drug-likeness (QED) is 0.754. The largest absolute Gasteiger partial charge is 0.493 e. The molecule has 0 amide bonds. The monoisotopic (exact) mass is 301 g/mol. The van der Waals surface area contributed by atoms with Crippen molar-refractivity contribution in [2.75, 3.05) is 13.2 Å². The normalized spacial score (nSPS) is 17.8. The highest BCUT2D eigenvalue weighted by Gasteiger charge is 2.27. The fraction of sp³-hybridized carbons (Fsp3) is 0.625. The summed E-state index contributed by atoms with van der Waals surface area (Å²) in [5, 5.41) is 3.50. The summed E-state index contributed by atoms with van der Waals surface area (Å²) in [6.07, 6.45) is -1.85. The molecule has 0 saturated heterocycles. The number of fused-ring (bicyclic) bond motifs is 1. The first kappa shape index (κ1) is 16.1. The van der Waals surface area contributed by atoms with Crippen molar-refractivity contribution in [1.29, 1.82) is 0 Å². The van der Waals surface area contributed by atoms with Gasteiger partial charge < -0.3 is 10.1 Å². The molecule has 0 fully saturated rings. The maximum atomic E-state index is 12.1. The first-order valence-corrected chi connectivity index (χ1v) is 7.56. The topological polar surface area (TPSA) is 21.3 Å². The molecule has 118 valence electrons. The third-order valence-corrected chi connectivity index (χ3v) is 3.73. The van der Waals surface area contributed by atoms with Gasteiger partial charge in [0, 0.05) is 12.5 Å². The van der Waals surface area contributed by atoms with Crippen LogP contribution in [0.1, 0.15) is 49.8 Å². The molecule has 0 aromatic heterocycles. The molecular formula is C16H22F3NO. The Morgan fingerprint density at radius 1 is 1.33 bits per heavy atom. The van der Waals surface area contributed by atoms with Crippen LogP contribution in [0.25, 0.3) is 0 Å². The lowest BCUT2D eigenvalue weighted by molar-refractivity contribution is -0.136. The van der Waals surface area contributed by atoms with Crippen LogP contribution < -0.4 is 10.1 Å². The van der Waals surface area contributed by atoms with Crippen LogP contribution in [0.3, 0.4) is 0 Å². The third-order valence-electron chi connectivity index (χ3n) is 3.73. The molecule has 1 aromatic rings. The fourth-order valence-corrected chi connectivity index (χ4v) is 2.74.